The Bertz CT molecular complexity index is 927. The van der Waals surface area contributed by atoms with Crippen LogP contribution in [0.5, 0.6) is 5.75 Å². The van der Waals surface area contributed by atoms with Crippen LogP contribution in [0.4, 0.5) is 5.69 Å². The lowest BCUT2D eigenvalue weighted by molar-refractivity contribution is 0.102. The Morgan fingerprint density at radius 1 is 1.15 bits per heavy atom. The number of hydrogen-bond acceptors (Lipinski definition) is 4. The van der Waals surface area contributed by atoms with Crippen LogP contribution in [0.3, 0.4) is 0 Å². The van der Waals surface area contributed by atoms with Crippen molar-refractivity contribution in [2.45, 2.75) is 31.7 Å². The summed E-state index contributed by atoms with van der Waals surface area (Å²) in [6, 6.07) is 9.55. The highest BCUT2D eigenvalue weighted by Crippen LogP contribution is 2.26. The SMILES string of the molecule is COc1ccc(C(=O)Nc2cc(Br)ccc2C)cc1S(=O)(=O)NC(C)C. The van der Waals surface area contributed by atoms with Crippen molar-refractivity contribution in [2.24, 2.45) is 0 Å². The third-order valence-corrected chi connectivity index (χ3v) is 5.73. The molecule has 0 spiro atoms. The molecule has 0 unspecified atom stereocenters. The minimum atomic E-state index is -3.81. The Balaban J connectivity index is 2.40. The van der Waals surface area contributed by atoms with Gasteiger partial charge < -0.3 is 10.1 Å². The molecule has 0 aliphatic carbocycles. The second-order valence-electron chi connectivity index (χ2n) is 6.05. The van der Waals surface area contributed by atoms with Gasteiger partial charge >= 0.3 is 0 Å². The van der Waals surface area contributed by atoms with Gasteiger partial charge in [0.25, 0.3) is 5.91 Å². The van der Waals surface area contributed by atoms with E-state index in [2.05, 4.69) is 26.0 Å². The van der Waals surface area contributed by atoms with Crippen molar-refractivity contribution in [3.05, 3.63) is 52.0 Å². The zero-order valence-electron chi connectivity index (χ0n) is 15.0. The lowest BCUT2D eigenvalue weighted by atomic mass is 10.1. The third-order valence-electron chi connectivity index (χ3n) is 3.55. The first-order chi connectivity index (χ1) is 12.1. The molecule has 2 aromatic carbocycles. The van der Waals surface area contributed by atoms with Crippen molar-refractivity contribution in [1.29, 1.82) is 0 Å². The maximum absolute atomic E-state index is 12.6. The molecule has 0 aliphatic heterocycles. The number of rotatable bonds is 6. The molecule has 0 saturated heterocycles. The summed E-state index contributed by atoms with van der Waals surface area (Å²) in [5.74, 6) is -0.233. The molecule has 2 rings (SSSR count). The number of ether oxygens (including phenoxy) is 1. The predicted molar refractivity (Wildman–Crippen MR) is 105 cm³/mol. The largest absolute Gasteiger partial charge is 0.495 e. The molecule has 0 atom stereocenters. The van der Waals surface area contributed by atoms with Crippen molar-refractivity contribution in [2.75, 3.05) is 12.4 Å². The van der Waals surface area contributed by atoms with Crippen LogP contribution in [0, 0.1) is 6.92 Å². The van der Waals surface area contributed by atoms with Crippen molar-refractivity contribution < 1.29 is 17.9 Å². The van der Waals surface area contributed by atoms with Crippen LogP contribution in [0.1, 0.15) is 29.8 Å². The molecule has 26 heavy (non-hydrogen) atoms. The molecule has 140 valence electrons. The maximum Gasteiger partial charge on any atom is 0.255 e. The van der Waals surface area contributed by atoms with E-state index in [4.69, 9.17) is 4.74 Å². The number of aryl methyl sites for hydroxylation is 1. The van der Waals surface area contributed by atoms with Gasteiger partial charge in [0.05, 0.1) is 7.11 Å². The maximum atomic E-state index is 12.6. The number of benzene rings is 2. The molecule has 0 heterocycles. The van der Waals surface area contributed by atoms with E-state index in [1.54, 1.807) is 19.9 Å². The van der Waals surface area contributed by atoms with Gasteiger partial charge in [-0.1, -0.05) is 22.0 Å². The van der Waals surface area contributed by atoms with Gasteiger partial charge in [0.2, 0.25) is 10.0 Å². The van der Waals surface area contributed by atoms with Crippen LogP contribution >= 0.6 is 15.9 Å². The summed E-state index contributed by atoms with van der Waals surface area (Å²) in [5, 5.41) is 2.80. The topological polar surface area (TPSA) is 84.5 Å². The van der Waals surface area contributed by atoms with Gasteiger partial charge in [0.1, 0.15) is 10.6 Å². The fraction of sp³-hybridized carbons (Fsp3) is 0.278. The predicted octanol–water partition coefficient (Wildman–Crippen LogP) is 3.71. The molecule has 2 N–H and O–H groups in total. The quantitative estimate of drug-likeness (QED) is 0.716. The van der Waals surface area contributed by atoms with Gasteiger partial charge in [0.15, 0.2) is 0 Å². The number of carbonyl (C=O) groups excluding carboxylic acids is 1. The third kappa shape index (κ3) is 4.84. The minimum absolute atomic E-state index is 0.0766. The summed E-state index contributed by atoms with van der Waals surface area (Å²) in [6.45, 7) is 5.31. The molecule has 1 amide bonds. The average molecular weight is 441 g/mol. The van der Waals surface area contributed by atoms with Gasteiger partial charge in [-0.15, -0.1) is 0 Å². The van der Waals surface area contributed by atoms with Gasteiger partial charge in [-0.2, -0.15) is 0 Å². The fourth-order valence-corrected chi connectivity index (χ4v) is 4.13. The van der Waals surface area contributed by atoms with Crippen LogP contribution in [-0.4, -0.2) is 27.5 Å². The Morgan fingerprint density at radius 2 is 1.85 bits per heavy atom. The second-order valence-corrected chi connectivity index (χ2v) is 8.65. The number of halogens is 1. The summed E-state index contributed by atoms with van der Waals surface area (Å²) < 4.78 is 33.5. The first-order valence-corrected chi connectivity index (χ1v) is 10.2. The standard InChI is InChI=1S/C18H21BrN2O4S/c1-11(2)21-26(23,24)17-9-13(6-8-16(17)25-4)18(22)20-15-10-14(19)7-5-12(15)3/h5-11,21H,1-4H3,(H,20,22). The lowest BCUT2D eigenvalue weighted by Gasteiger charge is -2.14. The molecule has 0 saturated carbocycles. The van der Waals surface area contributed by atoms with E-state index in [0.717, 1.165) is 10.0 Å². The first kappa shape index (κ1) is 20.4. The molecule has 0 bridgehead atoms. The van der Waals surface area contributed by atoms with Crippen molar-refractivity contribution in [3.63, 3.8) is 0 Å². The number of carbonyl (C=O) groups is 1. The highest BCUT2D eigenvalue weighted by molar-refractivity contribution is 9.10. The van der Waals surface area contributed by atoms with Crippen molar-refractivity contribution in [1.82, 2.24) is 4.72 Å². The number of hydrogen-bond donors (Lipinski definition) is 2. The van der Waals surface area contributed by atoms with Crippen molar-refractivity contribution in [3.8, 4) is 5.75 Å². The molecule has 0 radical (unpaired) electrons. The number of nitrogens with one attached hydrogen (secondary N) is 2. The minimum Gasteiger partial charge on any atom is -0.495 e. The monoisotopic (exact) mass is 440 g/mol. The van der Waals surface area contributed by atoms with E-state index in [1.165, 1.54) is 25.3 Å². The first-order valence-electron chi connectivity index (χ1n) is 7.92. The molecule has 0 aromatic heterocycles. The summed E-state index contributed by atoms with van der Waals surface area (Å²) in [4.78, 5) is 12.5. The highest BCUT2D eigenvalue weighted by Gasteiger charge is 2.22. The van der Waals surface area contributed by atoms with Crippen LogP contribution in [0.25, 0.3) is 0 Å². The molecule has 2 aromatic rings. The fourth-order valence-electron chi connectivity index (χ4n) is 2.33. The zero-order valence-corrected chi connectivity index (χ0v) is 17.4. The van der Waals surface area contributed by atoms with E-state index in [-0.39, 0.29) is 22.3 Å². The molecular formula is C18H21BrN2O4S. The Hall–Kier alpha value is -1.90. The molecular weight excluding hydrogens is 420 g/mol. The molecule has 6 nitrogen and oxygen atoms in total. The summed E-state index contributed by atoms with van der Waals surface area (Å²) in [7, 11) is -2.43. The molecule has 0 fully saturated rings. The lowest BCUT2D eigenvalue weighted by Crippen LogP contribution is -2.30. The Kier molecular flexibility index (Phi) is 6.44. The molecule has 0 aliphatic rings. The summed E-state index contributed by atoms with van der Waals surface area (Å²) >= 11 is 3.37. The number of anilines is 1. The van der Waals surface area contributed by atoms with Crippen LogP contribution in [0.15, 0.2) is 45.8 Å². The van der Waals surface area contributed by atoms with Gasteiger partial charge in [-0.3, -0.25) is 4.79 Å². The van der Waals surface area contributed by atoms with Crippen LogP contribution in [0.2, 0.25) is 0 Å². The van der Waals surface area contributed by atoms with E-state index in [0.29, 0.717) is 5.69 Å². The number of sulfonamides is 1. The Labute approximate surface area is 162 Å². The van der Waals surface area contributed by atoms with E-state index in [1.807, 2.05) is 19.1 Å². The normalized spacial score (nSPS) is 11.5. The number of methoxy groups -OCH3 is 1. The van der Waals surface area contributed by atoms with E-state index >= 15 is 0 Å². The zero-order chi connectivity index (χ0) is 19.5. The summed E-state index contributed by atoms with van der Waals surface area (Å²) in [5.41, 5.74) is 1.75. The number of amides is 1. The second kappa shape index (κ2) is 8.20. The van der Waals surface area contributed by atoms with Crippen molar-refractivity contribution >= 4 is 37.5 Å². The average Bonchev–Trinajstić information content (AvgIpc) is 2.56. The van der Waals surface area contributed by atoms with Gasteiger partial charge in [0, 0.05) is 21.8 Å². The van der Waals surface area contributed by atoms with E-state index < -0.39 is 15.9 Å². The van der Waals surface area contributed by atoms with Gasteiger partial charge in [-0.25, -0.2) is 13.1 Å². The van der Waals surface area contributed by atoms with Crippen LogP contribution in [-0.2, 0) is 10.0 Å². The smallest absolute Gasteiger partial charge is 0.255 e. The molecule has 8 heteroatoms. The van der Waals surface area contributed by atoms with E-state index in [9.17, 15) is 13.2 Å². The van der Waals surface area contributed by atoms with Crippen LogP contribution < -0.4 is 14.8 Å². The van der Waals surface area contributed by atoms with Gasteiger partial charge in [-0.05, 0) is 56.7 Å². The Morgan fingerprint density at radius 3 is 2.46 bits per heavy atom. The summed E-state index contributed by atoms with van der Waals surface area (Å²) in [6.07, 6.45) is 0. The highest BCUT2D eigenvalue weighted by atomic mass is 79.9.